The highest BCUT2D eigenvalue weighted by Crippen LogP contribution is 2.26. The lowest BCUT2D eigenvalue weighted by Crippen LogP contribution is -2.09. The number of aromatic nitrogens is 3. The Bertz CT molecular complexity index is 870. The van der Waals surface area contributed by atoms with E-state index in [1.165, 1.54) is 7.11 Å². The van der Waals surface area contributed by atoms with Gasteiger partial charge in [-0.15, -0.1) is 0 Å². The number of benzene rings is 1. The Morgan fingerprint density at radius 2 is 1.96 bits per heavy atom. The van der Waals surface area contributed by atoms with E-state index < -0.39 is 0 Å². The normalized spacial score (nSPS) is 10.6. The summed E-state index contributed by atoms with van der Waals surface area (Å²) in [5.41, 5.74) is 5.55. The van der Waals surface area contributed by atoms with E-state index in [-0.39, 0.29) is 5.97 Å². The third kappa shape index (κ3) is 2.93. The van der Waals surface area contributed by atoms with Gasteiger partial charge in [0, 0.05) is 37.1 Å². The number of rotatable bonds is 4. The van der Waals surface area contributed by atoms with Gasteiger partial charge < -0.3 is 4.74 Å². The molecule has 0 spiro atoms. The summed E-state index contributed by atoms with van der Waals surface area (Å²) in [6.07, 6.45) is 3.88. The molecular weight excluding hydrogens is 302 g/mol. The van der Waals surface area contributed by atoms with Crippen LogP contribution in [0.2, 0.25) is 0 Å². The Hall–Kier alpha value is -2.95. The number of ether oxygens (including phenoxy) is 1. The van der Waals surface area contributed by atoms with Crippen LogP contribution in [-0.4, -0.2) is 27.8 Å². The number of methoxy groups -OCH3 is 1. The van der Waals surface area contributed by atoms with Crippen molar-refractivity contribution in [1.82, 2.24) is 14.8 Å². The number of nitrogens with zero attached hydrogens (tertiary/aromatic N) is 3. The molecule has 0 amide bonds. The van der Waals surface area contributed by atoms with Gasteiger partial charge in [-0.25, -0.2) is 4.79 Å². The Morgan fingerprint density at radius 1 is 1.21 bits per heavy atom. The van der Waals surface area contributed by atoms with Crippen LogP contribution in [0.1, 0.15) is 27.2 Å². The molecule has 0 radical (unpaired) electrons. The molecule has 2 heterocycles. The van der Waals surface area contributed by atoms with E-state index in [0.717, 1.165) is 28.1 Å². The summed E-state index contributed by atoms with van der Waals surface area (Å²) in [7, 11) is 3.30. The van der Waals surface area contributed by atoms with Gasteiger partial charge in [-0.1, -0.05) is 30.3 Å². The molecule has 0 N–H and O–H groups in total. The summed E-state index contributed by atoms with van der Waals surface area (Å²) in [6, 6.07) is 11.8. The molecule has 0 aliphatic carbocycles. The van der Waals surface area contributed by atoms with Crippen LogP contribution in [0.4, 0.5) is 0 Å². The summed E-state index contributed by atoms with van der Waals surface area (Å²) in [6.45, 7) is 2.05. The van der Waals surface area contributed by atoms with E-state index in [1.54, 1.807) is 18.5 Å². The van der Waals surface area contributed by atoms with Crippen molar-refractivity contribution in [1.29, 1.82) is 0 Å². The molecule has 122 valence electrons. The van der Waals surface area contributed by atoms with Gasteiger partial charge in [0.25, 0.3) is 0 Å². The topological polar surface area (TPSA) is 57.0 Å². The van der Waals surface area contributed by atoms with E-state index in [4.69, 9.17) is 4.74 Å². The number of hydrogen-bond acceptors (Lipinski definition) is 4. The SMILES string of the molecule is COC(=O)c1ccncc1Cc1c(C)c(-c2ccccc2)nn1C. The van der Waals surface area contributed by atoms with Crippen molar-refractivity contribution in [3.8, 4) is 11.3 Å². The number of esters is 1. The quantitative estimate of drug-likeness (QED) is 0.693. The van der Waals surface area contributed by atoms with Crippen LogP contribution in [0.25, 0.3) is 11.3 Å². The lowest BCUT2D eigenvalue weighted by Gasteiger charge is -2.08. The first-order valence-electron chi connectivity index (χ1n) is 7.71. The molecule has 0 fully saturated rings. The number of aryl methyl sites for hydroxylation is 1. The Kier molecular flexibility index (Phi) is 4.42. The number of carbonyl (C=O) groups is 1. The van der Waals surface area contributed by atoms with E-state index in [0.29, 0.717) is 12.0 Å². The first kappa shape index (κ1) is 15.9. The molecule has 0 saturated carbocycles. The van der Waals surface area contributed by atoms with Gasteiger partial charge >= 0.3 is 5.97 Å². The monoisotopic (exact) mass is 321 g/mol. The minimum atomic E-state index is -0.351. The van der Waals surface area contributed by atoms with Gasteiger partial charge in [-0.05, 0) is 24.1 Å². The highest BCUT2D eigenvalue weighted by molar-refractivity contribution is 5.90. The zero-order valence-corrected chi connectivity index (χ0v) is 14.0. The lowest BCUT2D eigenvalue weighted by atomic mass is 10.0. The summed E-state index contributed by atoms with van der Waals surface area (Å²) < 4.78 is 6.73. The summed E-state index contributed by atoms with van der Waals surface area (Å²) in [4.78, 5) is 16.1. The van der Waals surface area contributed by atoms with Crippen molar-refractivity contribution in [3.63, 3.8) is 0 Å². The summed E-state index contributed by atoms with van der Waals surface area (Å²) in [5.74, 6) is -0.351. The third-order valence-electron chi connectivity index (χ3n) is 4.14. The average molecular weight is 321 g/mol. The maximum atomic E-state index is 11.9. The Balaban J connectivity index is 2.01. The van der Waals surface area contributed by atoms with E-state index in [2.05, 4.69) is 17.0 Å². The molecule has 0 unspecified atom stereocenters. The van der Waals surface area contributed by atoms with Crippen molar-refractivity contribution in [2.24, 2.45) is 7.05 Å². The van der Waals surface area contributed by atoms with Gasteiger partial charge in [0.2, 0.25) is 0 Å². The van der Waals surface area contributed by atoms with Crippen molar-refractivity contribution < 1.29 is 9.53 Å². The minimum Gasteiger partial charge on any atom is -0.465 e. The first-order chi connectivity index (χ1) is 11.6. The number of pyridine rings is 1. The molecule has 0 atom stereocenters. The molecule has 0 aliphatic rings. The maximum absolute atomic E-state index is 11.9. The standard InChI is InChI=1S/C19H19N3O2/c1-13-17(11-15-12-20-10-9-16(15)19(23)24-3)22(2)21-18(13)14-7-5-4-6-8-14/h4-10,12H,11H2,1-3H3. The highest BCUT2D eigenvalue weighted by Gasteiger charge is 2.18. The molecule has 24 heavy (non-hydrogen) atoms. The molecule has 5 nitrogen and oxygen atoms in total. The Labute approximate surface area is 140 Å². The zero-order valence-electron chi connectivity index (χ0n) is 14.0. The number of hydrogen-bond donors (Lipinski definition) is 0. The van der Waals surface area contributed by atoms with Crippen LogP contribution in [-0.2, 0) is 18.2 Å². The van der Waals surface area contributed by atoms with Crippen LogP contribution >= 0.6 is 0 Å². The summed E-state index contributed by atoms with van der Waals surface area (Å²) >= 11 is 0. The van der Waals surface area contributed by atoms with E-state index >= 15 is 0 Å². The van der Waals surface area contributed by atoms with Crippen LogP contribution in [0.5, 0.6) is 0 Å². The Morgan fingerprint density at radius 3 is 2.67 bits per heavy atom. The molecular formula is C19H19N3O2. The van der Waals surface area contributed by atoms with E-state index in [9.17, 15) is 4.79 Å². The molecule has 5 heteroatoms. The lowest BCUT2D eigenvalue weighted by molar-refractivity contribution is 0.0599. The molecule has 1 aromatic carbocycles. The first-order valence-corrected chi connectivity index (χ1v) is 7.71. The van der Waals surface area contributed by atoms with Gasteiger partial charge in [-0.2, -0.15) is 5.10 Å². The second-order valence-electron chi connectivity index (χ2n) is 5.61. The highest BCUT2D eigenvalue weighted by atomic mass is 16.5. The van der Waals surface area contributed by atoms with Crippen LogP contribution in [0, 0.1) is 6.92 Å². The largest absolute Gasteiger partial charge is 0.465 e. The maximum Gasteiger partial charge on any atom is 0.338 e. The second-order valence-corrected chi connectivity index (χ2v) is 5.61. The molecule has 3 rings (SSSR count). The van der Waals surface area contributed by atoms with Crippen molar-refractivity contribution >= 4 is 5.97 Å². The second kappa shape index (κ2) is 6.66. The third-order valence-corrected chi connectivity index (χ3v) is 4.14. The fourth-order valence-corrected chi connectivity index (χ4v) is 2.84. The molecule has 2 aromatic heterocycles. The van der Waals surface area contributed by atoms with Crippen molar-refractivity contribution in [2.45, 2.75) is 13.3 Å². The van der Waals surface area contributed by atoms with Crippen LogP contribution in [0.3, 0.4) is 0 Å². The molecule has 3 aromatic rings. The van der Waals surface area contributed by atoms with Crippen LogP contribution in [0.15, 0.2) is 48.8 Å². The van der Waals surface area contributed by atoms with Gasteiger partial charge in [0.05, 0.1) is 18.4 Å². The summed E-state index contributed by atoms with van der Waals surface area (Å²) in [5, 5.41) is 4.65. The fourth-order valence-electron chi connectivity index (χ4n) is 2.84. The van der Waals surface area contributed by atoms with Crippen LogP contribution < -0.4 is 0 Å². The fraction of sp³-hybridized carbons (Fsp3) is 0.211. The average Bonchev–Trinajstić information content (AvgIpc) is 2.90. The van der Waals surface area contributed by atoms with Gasteiger partial charge in [0.1, 0.15) is 0 Å². The number of carbonyl (C=O) groups excluding carboxylic acids is 1. The predicted molar refractivity (Wildman–Crippen MR) is 91.8 cm³/mol. The molecule has 0 aliphatic heterocycles. The minimum absolute atomic E-state index is 0.351. The molecule has 0 bridgehead atoms. The van der Waals surface area contributed by atoms with Crippen molar-refractivity contribution in [2.75, 3.05) is 7.11 Å². The molecule has 0 saturated heterocycles. The van der Waals surface area contributed by atoms with Crippen molar-refractivity contribution in [3.05, 3.63) is 71.2 Å². The zero-order chi connectivity index (χ0) is 17.1. The van der Waals surface area contributed by atoms with E-state index in [1.807, 2.05) is 42.1 Å². The smallest absolute Gasteiger partial charge is 0.338 e. The predicted octanol–water partition coefficient (Wildman–Crippen LogP) is 3.17. The van der Waals surface area contributed by atoms with Gasteiger partial charge in [-0.3, -0.25) is 9.67 Å². The van der Waals surface area contributed by atoms with Gasteiger partial charge in [0.15, 0.2) is 0 Å².